The number of aliphatic imine (C=N–C) groups is 1. The summed E-state index contributed by atoms with van der Waals surface area (Å²) in [4.78, 5) is 4.39. The zero-order valence-corrected chi connectivity index (χ0v) is 15.3. The number of hydrogen-bond acceptors (Lipinski definition) is 1. The number of halogens is 4. The lowest BCUT2D eigenvalue weighted by Gasteiger charge is -2.14. The molecule has 3 nitrogen and oxygen atoms in total. The summed E-state index contributed by atoms with van der Waals surface area (Å²) in [5.41, 5.74) is 0.219. The summed E-state index contributed by atoms with van der Waals surface area (Å²) in [6, 6.07) is 5.49. The number of nitrogens with zero attached hydrogens (tertiary/aromatic N) is 1. The molecule has 0 bridgehead atoms. The normalized spacial score (nSPS) is 12.0. The molecule has 1 rings (SSSR count). The quantitative estimate of drug-likeness (QED) is 0.424. The molecule has 22 heavy (non-hydrogen) atoms. The molecule has 0 aliphatic heterocycles. The van der Waals surface area contributed by atoms with Crippen molar-refractivity contribution in [1.29, 1.82) is 0 Å². The summed E-state index contributed by atoms with van der Waals surface area (Å²) in [7, 11) is 0. The molecule has 0 saturated carbocycles. The predicted molar refractivity (Wildman–Crippen MR) is 94.8 cm³/mol. The van der Waals surface area contributed by atoms with E-state index in [0.29, 0.717) is 13.0 Å². The van der Waals surface area contributed by atoms with E-state index >= 15 is 0 Å². The molecule has 0 unspecified atom stereocenters. The summed E-state index contributed by atoms with van der Waals surface area (Å²) in [5.74, 6) is 0.722. The number of rotatable bonds is 5. The maximum absolute atomic E-state index is 12.4. The molecule has 2 N–H and O–H groups in total. The van der Waals surface area contributed by atoms with E-state index in [0.717, 1.165) is 30.2 Å². The van der Waals surface area contributed by atoms with Gasteiger partial charge in [0.2, 0.25) is 0 Å². The lowest BCUT2D eigenvalue weighted by atomic mass is 10.1. The van der Waals surface area contributed by atoms with Gasteiger partial charge in [0.25, 0.3) is 0 Å². The molecular formula is C15H23F3IN3. The Bertz CT molecular complexity index is 456. The fraction of sp³-hybridized carbons (Fsp3) is 0.533. The lowest BCUT2D eigenvalue weighted by Crippen LogP contribution is -2.41. The molecule has 0 aliphatic carbocycles. The van der Waals surface area contributed by atoms with Gasteiger partial charge in [0.15, 0.2) is 5.96 Å². The van der Waals surface area contributed by atoms with E-state index in [2.05, 4.69) is 15.6 Å². The molecule has 0 radical (unpaired) electrons. The standard InChI is InChI=1S/C15H22F3N3.HI/c1-4-19-14(21-11(2)3)20-10-9-12-5-7-13(8-6-12)15(16,17)18;/h5-8,11H,4,9-10H2,1-3H3,(H2,19,20,21);1H. The number of nitrogens with one attached hydrogen (secondary N) is 2. The van der Waals surface area contributed by atoms with Crippen molar-refractivity contribution < 1.29 is 13.2 Å². The third kappa shape index (κ3) is 7.86. The average Bonchev–Trinajstić information content (AvgIpc) is 2.38. The molecular weight excluding hydrogens is 406 g/mol. The minimum atomic E-state index is -4.28. The Morgan fingerprint density at radius 3 is 2.23 bits per heavy atom. The number of hydrogen-bond donors (Lipinski definition) is 2. The summed E-state index contributed by atoms with van der Waals surface area (Å²) >= 11 is 0. The topological polar surface area (TPSA) is 36.4 Å². The van der Waals surface area contributed by atoms with Gasteiger partial charge in [0.1, 0.15) is 0 Å². The summed E-state index contributed by atoms with van der Waals surface area (Å²) in [6.07, 6.45) is -3.68. The third-order valence-electron chi connectivity index (χ3n) is 2.72. The third-order valence-corrected chi connectivity index (χ3v) is 2.72. The largest absolute Gasteiger partial charge is 0.416 e. The van der Waals surface area contributed by atoms with Crippen molar-refractivity contribution in [3.05, 3.63) is 35.4 Å². The number of guanidine groups is 1. The molecule has 0 fully saturated rings. The van der Waals surface area contributed by atoms with Gasteiger partial charge >= 0.3 is 6.18 Å². The van der Waals surface area contributed by atoms with E-state index in [4.69, 9.17) is 0 Å². The Balaban J connectivity index is 0.00000441. The first kappa shape index (κ1) is 21.0. The van der Waals surface area contributed by atoms with Crippen LogP contribution in [0.4, 0.5) is 13.2 Å². The van der Waals surface area contributed by atoms with Crippen LogP contribution < -0.4 is 10.6 Å². The maximum atomic E-state index is 12.4. The van der Waals surface area contributed by atoms with Crippen LogP contribution in [0.2, 0.25) is 0 Å². The Morgan fingerprint density at radius 2 is 1.77 bits per heavy atom. The van der Waals surface area contributed by atoms with E-state index in [9.17, 15) is 13.2 Å². The lowest BCUT2D eigenvalue weighted by molar-refractivity contribution is -0.137. The van der Waals surface area contributed by atoms with Crippen LogP contribution in [0.3, 0.4) is 0 Å². The zero-order valence-electron chi connectivity index (χ0n) is 13.0. The summed E-state index contributed by atoms with van der Waals surface area (Å²) < 4.78 is 37.3. The van der Waals surface area contributed by atoms with Gasteiger partial charge in [-0.05, 0) is 44.9 Å². The second-order valence-electron chi connectivity index (χ2n) is 5.00. The van der Waals surface area contributed by atoms with Gasteiger partial charge in [-0.1, -0.05) is 12.1 Å². The average molecular weight is 429 g/mol. The molecule has 126 valence electrons. The Kier molecular flexibility index (Phi) is 9.47. The van der Waals surface area contributed by atoms with Crippen molar-refractivity contribution in [2.24, 2.45) is 4.99 Å². The molecule has 0 aliphatic rings. The molecule has 0 aromatic heterocycles. The van der Waals surface area contributed by atoms with E-state index in [1.54, 1.807) is 0 Å². The second-order valence-corrected chi connectivity index (χ2v) is 5.00. The van der Waals surface area contributed by atoms with Crippen LogP contribution in [0.1, 0.15) is 31.9 Å². The fourth-order valence-electron chi connectivity index (χ4n) is 1.75. The molecule has 1 aromatic rings. The summed E-state index contributed by atoms with van der Waals surface area (Å²) in [5, 5.41) is 6.31. The van der Waals surface area contributed by atoms with Gasteiger partial charge in [-0.2, -0.15) is 13.2 Å². The van der Waals surface area contributed by atoms with Gasteiger partial charge in [-0.25, -0.2) is 0 Å². The number of benzene rings is 1. The van der Waals surface area contributed by atoms with Crippen LogP contribution in [0, 0.1) is 0 Å². The van der Waals surface area contributed by atoms with Crippen molar-refractivity contribution in [2.75, 3.05) is 13.1 Å². The minimum absolute atomic E-state index is 0. The first-order valence-electron chi connectivity index (χ1n) is 7.04. The molecule has 0 atom stereocenters. The van der Waals surface area contributed by atoms with Crippen LogP contribution in [0.15, 0.2) is 29.3 Å². The summed E-state index contributed by atoms with van der Waals surface area (Å²) in [6.45, 7) is 7.30. The van der Waals surface area contributed by atoms with Crippen LogP contribution in [-0.2, 0) is 12.6 Å². The molecule has 0 amide bonds. The fourth-order valence-corrected chi connectivity index (χ4v) is 1.75. The predicted octanol–water partition coefficient (Wildman–Crippen LogP) is 3.83. The monoisotopic (exact) mass is 429 g/mol. The Morgan fingerprint density at radius 1 is 1.18 bits per heavy atom. The first-order chi connectivity index (χ1) is 9.82. The molecule has 7 heteroatoms. The first-order valence-corrected chi connectivity index (χ1v) is 7.04. The second kappa shape index (κ2) is 9.91. The molecule has 0 spiro atoms. The smallest absolute Gasteiger partial charge is 0.357 e. The molecule has 0 saturated heterocycles. The highest BCUT2D eigenvalue weighted by molar-refractivity contribution is 14.0. The van der Waals surface area contributed by atoms with Gasteiger partial charge < -0.3 is 10.6 Å². The zero-order chi connectivity index (χ0) is 15.9. The van der Waals surface area contributed by atoms with Crippen molar-refractivity contribution in [3.63, 3.8) is 0 Å². The van der Waals surface area contributed by atoms with Gasteiger partial charge in [0, 0.05) is 19.1 Å². The van der Waals surface area contributed by atoms with Crippen molar-refractivity contribution in [3.8, 4) is 0 Å². The maximum Gasteiger partial charge on any atom is 0.416 e. The molecule has 0 heterocycles. The van der Waals surface area contributed by atoms with Gasteiger partial charge in [-0.15, -0.1) is 24.0 Å². The van der Waals surface area contributed by atoms with Crippen LogP contribution in [0.5, 0.6) is 0 Å². The van der Waals surface area contributed by atoms with Gasteiger partial charge in [-0.3, -0.25) is 4.99 Å². The molecule has 1 aromatic carbocycles. The van der Waals surface area contributed by atoms with E-state index in [1.165, 1.54) is 12.1 Å². The van der Waals surface area contributed by atoms with Crippen molar-refractivity contribution in [1.82, 2.24) is 10.6 Å². The minimum Gasteiger partial charge on any atom is -0.357 e. The highest BCUT2D eigenvalue weighted by atomic mass is 127. The van der Waals surface area contributed by atoms with Gasteiger partial charge in [0.05, 0.1) is 5.56 Å². The highest BCUT2D eigenvalue weighted by Crippen LogP contribution is 2.29. The Hall–Kier alpha value is -0.990. The van der Waals surface area contributed by atoms with E-state index < -0.39 is 11.7 Å². The van der Waals surface area contributed by atoms with Crippen LogP contribution >= 0.6 is 24.0 Å². The van der Waals surface area contributed by atoms with E-state index in [-0.39, 0.29) is 30.0 Å². The van der Waals surface area contributed by atoms with E-state index in [1.807, 2.05) is 20.8 Å². The Labute approximate surface area is 146 Å². The van der Waals surface area contributed by atoms with Crippen LogP contribution in [-0.4, -0.2) is 25.1 Å². The van der Waals surface area contributed by atoms with Crippen molar-refractivity contribution >= 4 is 29.9 Å². The number of alkyl halides is 3. The van der Waals surface area contributed by atoms with Crippen molar-refractivity contribution in [2.45, 2.75) is 39.4 Å². The van der Waals surface area contributed by atoms with Crippen LogP contribution in [0.25, 0.3) is 0 Å². The highest BCUT2D eigenvalue weighted by Gasteiger charge is 2.29. The SMILES string of the molecule is CCNC(=NCCc1ccc(C(F)(F)F)cc1)NC(C)C.I.